The van der Waals surface area contributed by atoms with E-state index in [-0.39, 0.29) is 5.54 Å². The van der Waals surface area contributed by atoms with Crippen LogP contribution in [0.1, 0.15) is 46.0 Å². The molecule has 108 valence electrons. The third-order valence-corrected chi connectivity index (χ3v) is 4.55. The molecular formula is C15H27N3O. The monoisotopic (exact) mass is 265 g/mol. The Morgan fingerprint density at radius 2 is 2.26 bits per heavy atom. The highest BCUT2D eigenvalue weighted by Gasteiger charge is 2.41. The number of ether oxygens (including phenoxy) is 1. The van der Waals surface area contributed by atoms with Crippen LogP contribution < -0.4 is 5.32 Å². The van der Waals surface area contributed by atoms with Gasteiger partial charge in [-0.1, -0.05) is 6.92 Å². The fourth-order valence-electron chi connectivity index (χ4n) is 3.64. The molecule has 0 amide bonds. The van der Waals surface area contributed by atoms with Crippen molar-refractivity contribution in [1.29, 1.82) is 5.26 Å². The largest absolute Gasteiger partial charge is 0.377 e. The highest BCUT2D eigenvalue weighted by atomic mass is 16.5. The summed E-state index contributed by atoms with van der Waals surface area (Å²) < 4.78 is 5.78. The van der Waals surface area contributed by atoms with Crippen LogP contribution in [0, 0.1) is 11.3 Å². The van der Waals surface area contributed by atoms with E-state index in [0.717, 1.165) is 39.0 Å². The van der Waals surface area contributed by atoms with E-state index in [1.165, 1.54) is 19.4 Å². The highest BCUT2D eigenvalue weighted by molar-refractivity contribution is 5.13. The quantitative estimate of drug-likeness (QED) is 0.825. The number of rotatable bonds is 5. The Labute approximate surface area is 117 Å². The molecule has 0 bridgehead atoms. The Kier molecular flexibility index (Phi) is 5.20. The maximum Gasteiger partial charge on any atom is 0.108 e. The van der Waals surface area contributed by atoms with Crippen molar-refractivity contribution in [2.24, 2.45) is 0 Å². The summed E-state index contributed by atoms with van der Waals surface area (Å²) in [4.78, 5) is 2.56. The molecule has 0 aromatic carbocycles. The van der Waals surface area contributed by atoms with Crippen LogP contribution in [0.15, 0.2) is 0 Å². The molecule has 2 aliphatic rings. The van der Waals surface area contributed by atoms with Crippen LogP contribution >= 0.6 is 0 Å². The smallest absolute Gasteiger partial charge is 0.108 e. The second kappa shape index (κ2) is 6.69. The Balaban J connectivity index is 1.91. The summed E-state index contributed by atoms with van der Waals surface area (Å²) in [5, 5.41) is 12.8. The van der Waals surface area contributed by atoms with Crippen molar-refractivity contribution < 1.29 is 4.74 Å². The predicted octanol–water partition coefficient (Wildman–Crippen LogP) is 1.91. The molecule has 2 rings (SSSR count). The van der Waals surface area contributed by atoms with Crippen LogP contribution in [0.2, 0.25) is 0 Å². The summed E-state index contributed by atoms with van der Waals surface area (Å²) >= 11 is 0. The minimum atomic E-state index is -0.280. The number of nitrogens with zero attached hydrogens (tertiary/aromatic N) is 2. The molecule has 4 heteroatoms. The molecule has 3 unspecified atom stereocenters. The van der Waals surface area contributed by atoms with Crippen molar-refractivity contribution in [3.05, 3.63) is 0 Å². The zero-order chi connectivity index (χ0) is 13.7. The van der Waals surface area contributed by atoms with Gasteiger partial charge >= 0.3 is 0 Å². The van der Waals surface area contributed by atoms with Gasteiger partial charge in [-0.3, -0.25) is 10.2 Å². The lowest BCUT2D eigenvalue weighted by Gasteiger charge is -2.37. The minimum Gasteiger partial charge on any atom is -0.377 e. The van der Waals surface area contributed by atoms with Crippen LogP contribution in [0.5, 0.6) is 0 Å². The Hall–Kier alpha value is -0.630. The average molecular weight is 265 g/mol. The second-order valence-electron chi connectivity index (χ2n) is 5.84. The molecule has 1 N–H and O–H groups in total. The summed E-state index contributed by atoms with van der Waals surface area (Å²) in [5.74, 6) is 0. The average Bonchev–Trinajstić information content (AvgIpc) is 2.85. The van der Waals surface area contributed by atoms with Gasteiger partial charge in [0.15, 0.2) is 0 Å². The highest BCUT2D eigenvalue weighted by Crippen LogP contribution is 2.34. The molecule has 1 aliphatic heterocycles. The van der Waals surface area contributed by atoms with Crippen molar-refractivity contribution in [2.45, 2.75) is 63.6 Å². The van der Waals surface area contributed by atoms with E-state index in [0.29, 0.717) is 12.1 Å². The number of nitriles is 1. The molecule has 4 nitrogen and oxygen atoms in total. The Morgan fingerprint density at radius 1 is 1.42 bits per heavy atom. The van der Waals surface area contributed by atoms with E-state index in [1.807, 2.05) is 0 Å². The Morgan fingerprint density at radius 3 is 2.95 bits per heavy atom. The maximum atomic E-state index is 9.44. The zero-order valence-corrected chi connectivity index (χ0v) is 12.3. The lowest BCUT2D eigenvalue weighted by atomic mass is 9.98. The Bertz CT molecular complexity index is 326. The minimum absolute atomic E-state index is 0.280. The van der Waals surface area contributed by atoms with Crippen LogP contribution in [-0.4, -0.2) is 48.8 Å². The zero-order valence-electron chi connectivity index (χ0n) is 12.3. The SMILES string of the molecule is CCNC1(C#N)CCC(N2CCCC(OCC)C2)C1. The van der Waals surface area contributed by atoms with Crippen LogP contribution in [-0.2, 0) is 4.74 Å². The van der Waals surface area contributed by atoms with Crippen molar-refractivity contribution in [2.75, 3.05) is 26.2 Å². The van der Waals surface area contributed by atoms with Crippen molar-refractivity contribution >= 4 is 0 Å². The summed E-state index contributed by atoms with van der Waals surface area (Å²) in [6, 6.07) is 3.07. The van der Waals surface area contributed by atoms with Crippen LogP contribution in [0.4, 0.5) is 0 Å². The molecular weight excluding hydrogens is 238 g/mol. The first kappa shape index (κ1) is 14.8. The van der Waals surface area contributed by atoms with Gasteiger partial charge in [0.05, 0.1) is 12.2 Å². The van der Waals surface area contributed by atoms with Crippen LogP contribution in [0.3, 0.4) is 0 Å². The maximum absolute atomic E-state index is 9.44. The molecule has 1 saturated carbocycles. The van der Waals surface area contributed by atoms with Gasteiger partial charge in [0.1, 0.15) is 5.54 Å². The van der Waals surface area contributed by atoms with Gasteiger partial charge in [-0.15, -0.1) is 0 Å². The van der Waals surface area contributed by atoms with Crippen LogP contribution in [0.25, 0.3) is 0 Å². The third-order valence-electron chi connectivity index (χ3n) is 4.55. The lowest BCUT2D eigenvalue weighted by molar-refractivity contribution is -0.00705. The normalized spacial score (nSPS) is 36.3. The molecule has 2 fully saturated rings. The molecule has 1 aliphatic carbocycles. The molecule has 19 heavy (non-hydrogen) atoms. The van der Waals surface area contributed by atoms with Gasteiger partial charge < -0.3 is 4.74 Å². The van der Waals surface area contributed by atoms with Crippen molar-refractivity contribution in [3.63, 3.8) is 0 Å². The van der Waals surface area contributed by atoms with Crippen molar-refractivity contribution in [3.8, 4) is 6.07 Å². The summed E-state index contributed by atoms with van der Waals surface area (Å²) in [6.45, 7) is 8.05. The standard InChI is InChI=1S/C15H27N3O/c1-3-17-15(12-16)8-7-13(10-15)18-9-5-6-14(11-18)19-4-2/h13-14,17H,3-11H2,1-2H3. The number of hydrogen-bond acceptors (Lipinski definition) is 4. The summed E-state index contributed by atoms with van der Waals surface area (Å²) in [7, 11) is 0. The molecule has 1 heterocycles. The topological polar surface area (TPSA) is 48.3 Å². The van der Waals surface area contributed by atoms with E-state index < -0.39 is 0 Å². The predicted molar refractivity (Wildman–Crippen MR) is 75.9 cm³/mol. The van der Waals surface area contributed by atoms with Gasteiger partial charge in [-0.05, 0) is 52.1 Å². The molecule has 0 aromatic heterocycles. The van der Waals surface area contributed by atoms with E-state index in [1.54, 1.807) is 0 Å². The number of piperidine rings is 1. The summed E-state index contributed by atoms with van der Waals surface area (Å²) in [6.07, 6.45) is 5.90. The second-order valence-corrected chi connectivity index (χ2v) is 5.84. The van der Waals surface area contributed by atoms with Gasteiger partial charge in [0.25, 0.3) is 0 Å². The number of likely N-dealkylation sites (tertiary alicyclic amines) is 1. The van der Waals surface area contributed by atoms with E-state index in [4.69, 9.17) is 4.74 Å². The first-order chi connectivity index (χ1) is 9.23. The molecule has 3 atom stereocenters. The first-order valence-corrected chi connectivity index (χ1v) is 7.75. The fraction of sp³-hybridized carbons (Fsp3) is 0.933. The first-order valence-electron chi connectivity index (χ1n) is 7.75. The van der Waals surface area contributed by atoms with E-state index in [9.17, 15) is 5.26 Å². The molecule has 0 aromatic rings. The van der Waals surface area contributed by atoms with E-state index >= 15 is 0 Å². The summed E-state index contributed by atoms with van der Waals surface area (Å²) in [5.41, 5.74) is -0.280. The molecule has 0 spiro atoms. The number of hydrogen-bond donors (Lipinski definition) is 1. The van der Waals surface area contributed by atoms with E-state index in [2.05, 4.69) is 30.1 Å². The molecule has 1 saturated heterocycles. The third kappa shape index (κ3) is 3.47. The number of nitrogens with one attached hydrogen (secondary N) is 1. The van der Waals surface area contributed by atoms with Gasteiger partial charge in [-0.25, -0.2) is 0 Å². The van der Waals surface area contributed by atoms with Gasteiger partial charge in [0, 0.05) is 19.2 Å². The molecule has 0 radical (unpaired) electrons. The lowest BCUT2D eigenvalue weighted by Crippen LogP contribution is -2.47. The van der Waals surface area contributed by atoms with Gasteiger partial charge in [0.2, 0.25) is 0 Å². The van der Waals surface area contributed by atoms with Gasteiger partial charge in [-0.2, -0.15) is 5.26 Å². The van der Waals surface area contributed by atoms with Crippen molar-refractivity contribution in [1.82, 2.24) is 10.2 Å². The fourth-order valence-corrected chi connectivity index (χ4v) is 3.64.